The minimum atomic E-state index is -4.53. The first-order valence-corrected chi connectivity index (χ1v) is 8.06. The maximum Gasteiger partial charge on any atom is 0.416 e. The molecule has 4 N–H and O–H groups in total. The fourth-order valence-corrected chi connectivity index (χ4v) is 3.00. The number of aliphatic hydroxyl groups excluding tert-OH is 1. The van der Waals surface area contributed by atoms with E-state index in [4.69, 9.17) is 5.73 Å². The van der Waals surface area contributed by atoms with Gasteiger partial charge in [0.1, 0.15) is 11.8 Å². The number of hydrogen-bond acceptors (Lipinski definition) is 4. The van der Waals surface area contributed by atoms with E-state index >= 15 is 0 Å². The first-order chi connectivity index (χ1) is 12.1. The smallest absolute Gasteiger partial charge is 0.378 e. The number of ketones is 1. The van der Waals surface area contributed by atoms with E-state index in [1.54, 1.807) is 0 Å². The normalized spacial score (nSPS) is 20.3. The molecule has 1 aliphatic carbocycles. The third kappa shape index (κ3) is 4.81. The van der Waals surface area contributed by atoms with Crippen molar-refractivity contribution in [3.63, 3.8) is 0 Å². The fourth-order valence-electron chi connectivity index (χ4n) is 3.00. The van der Waals surface area contributed by atoms with Gasteiger partial charge in [-0.2, -0.15) is 13.2 Å². The van der Waals surface area contributed by atoms with E-state index in [9.17, 15) is 32.7 Å². The highest BCUT2D eigenvalue weighted by Crippen LogP contribution is 2.30. The van der Waals surface area contributed by atoms with Gasteiger partial charge in [-0.05, 0) is 36.5 Å². The molecule has 1 fully saturated rings. The summed E-state index contributed by atoms with van der Waals surface area (Å²) in [6.45, 7) is 0. The van der Waals surface area contributed by atoms with Crippen LogP contribution in [0.2, 0.25) is 0 Å². The Morgan fingerprint density at radius 1 is 1.23 bits per heavy atom. The van der Waals surface area contributed by atoms with E-state index in [0.29, 0.717) is 19.3 Å². The highest BCUT2D eigenvalue weighted by Gasteiger charge is 2.34. The zero-order valence-corrected chi connectivity index (χ0v) is 13.8. The molecule has 0 unspecified atom stereocenters. The van der Waals surface area contributed by atoms with E-state index in [0.717, 1.165) is 24.3 Å². The molecule has 2 rings (SSSR count). The molecule has 2 amide bonds. The van der Waals surface area contributed by atoms with Crippen LogP contribution in [0.4, 0.5) is 13.2 Å². The van der Waals surface area contributed by atoms with Crippen molar-refractivity contribution in [2.24, 2.45) is 11.7 Å². The Balaban J connectivity index is 2.08. The Morgan fingerprint density at radius 2 is 1.85 bits per heavy atom. The number of hydrogen-bond donors (Lipinski definition) is 3. The summed E-state index contributed by atoms with van der Waals surface area (Å²) in [5, 5.41) is 12.4. The topological polar surface area (TPSA) is 109 Å². The standard InChI is InChI=1S/C17H19F3N2O4/c18-17(19,20)11-6-4-9(5-7-11)14(24)16(26)22-13(15(21)25)10-2-1-3-12(23)8-10/h4-7,10,13-14,24H,1-3,8H2,(H2,21,25)(H,22,26)/t10-,13+,14+/m0/s1. The summed E-state index contributed by atoms with van der Waals surface area (Å²) in [4.78, 5) is 35.4. The first kappa shape index (κ1) is 19.9. The van der Waals surface area contributed by atoms with Crippen molar-refractivity contribution < 1.29 is 32.7 Å². The minimum Gasteiger partial charge on any atom is -0.378 e. The van der Waals surface area contributed by atoms with Gasteiger partial charge in [0.25, 0.3) is 5.91 Å². The molecule has 9 heteroatoms. The van der Waals surface area contributed by atoms with Gasteiger partial charge in [-0.15, -0.1) is 0 Å². The van der Waals surface area contributed by atoms with Crippen LogP contribution >= 0.6 is 0 Å². The zero-order valence-electron chi connectivity index (χ0n) is 13.8. The van der Waals surface area contributed by atoms with E-state index in [1.807, 2.05) is 0 Å². The van der Waals surface area contributed by atoms with Crippen molar-refractivity contribution >= 4 is 17.6 Å². The lowest BCUT2D eigenvalue weighted by Crippen LogP contribution is -2.51. The molecule has 0 spiro atoms. The lowest BCUT2D eigenvalue weighted by atomic mass is 9.82. The number of amides is 2. The molecule has 26 heavy (non-hydrogen) atoms. The lowest BCUT2D eigenvalue weighted by Gasteiger charge is -2.28. The van der Waals surface area contributed by atoms with Gasteiger partial charge in [0.2, 0.25) is 5.91 Å². The Morgan fingerprint density at radius 3 is 2.35 bits per heavy atom. The number of aliphatic hydroxyl groups is 1. The van der Waals surface area contributed by atoms with Crippen molar-refractivity contribution in [3.8, 4) is 0 Å². The van der Waals surface area contributed by atoms with Crippen molar-refractivity contribution in [1.29, 1.82) is 0 Å². The van der Waals surface area contributed by atoms with Gasteiger partial charge in [-0.1, -0.05) is 12.1 Å². The predicted octanol–water partition coefficient (Wildman–Crippen LogP) is 1.47. The van der Waals surface area contributed by atoms with Gasteiger partial charge < -0.3 is 16.2 Å². The van der Waals surface area contributed by atoms with Gasteiger partial charge in [-0.25, -0.2) is 0 Å². The average molecular weight is 372 g/mol. The Bertz CT molecular complexity index is 688. The van der Waals surface area contributed by atoms with Crippen molar-refractivity contribution in [3.05, 3.63) is 35.4 Å². The lowest BCUT2D eigenvalue weighted by molar-refractivity contribution is -0.137. The Kier molecular flexibility index (Phi) is 6.01. The van der Waals surface area contributed by atoms with Crippen LogP contribution < -0.4 is 11.1 Å². The maximum absolute atomic E-state index is 12.6. The third-order valence-corrected chi connectivity index (χ3v) is 4.40. The van der Waals surface area contributed by atoms with E-state index in [1.165, 1.54) is 0 Å². The number of primary amides is 1. The van der Waals surface area contributed by atoms with Crippen molar-refractivity contribution in [2.45, 2.75) is 44.0 Å². The second-order valence-electron chi connectivity index (χ2n) is 6.31. The monoisotopic (exact) mass is 372 g/mol. The van der Waals surface area contributed by atoms with E-state index in [2.05, 4.69) is 5.32 Å². The molecular weight excluding hydrogens is 353 g/mol. The quantitative estimate of drug-likeness (QED) is 0.727. The molecule has 0 aliphatic heterocycles. The molecule has 6 nitrogen and oxygen atoms in total. The van der Waals surface area contributed by atoms with Gasteiger partial charge >= 0.3 is 6.18 Å². The SMILES string of the molecule is NC(=O)[C@H](NC(=O)[C@H](O)c1ccc(C(F)(F)F)cc1)[C@H]1CCCC(=O)C1. The summed E-state index contributed by atoms with van der Waals surface area (Å²) >= 11 is 0. The third-order valence-electron chi connectivity index (χ3n) is 4.40. The first-order valence-electron chi connectivity index (χ1n) is 8.06. The average Bonchev–Trinajstić information content (AvgIpc) is 2.57. The molecule has 1 aromatic carbocycles. The molecule has 1 saturated carbocycles. The molecular formula is C17H19F3N2O4. The van der Waals surface area contributed by atoms with Crippen LogP contribution in [-0.4, -0.2) is 28.7 Å². The summed E-state index contributed by atoms with van der Waals surface area (Å²) in [5.41, 5.74) is 4.33. The highest BCUT2D eigenvalue weighted by molar-refractivity contribution is 5.90. The predicted molar refractivity (Wildman–Crippen MR) is 84.5 cm³/mol. The van der Waals surface area contributed by atoms with Gasteiger partial charge in [0.05, 0.1) is 5.56 Å². The van der Waals surface area contributed by atoms with Crippen LogP contribution in [-0.2, 0) is 20.6 Å². The van der Waals surface area contributed by atoms with Gasteiger partial charge in [0, 0.05) is 12.8 Å². The van der Waals surface area contributed by atoms with Crippen LogP contribution in [0.15, 0.2) is 24.3 Å². The van der Waals surface area contributed by atoms with Crippen LogP contribution in [0.1, 0.15) is 42.9 Å². The molecule has 0 radical (unpaired) electrons. The molecule has 0 bridgehead atoms. The second kappa shape index (κ2) is 7.86. The summed E-state index contributed by atoms with van der Waals surface area (Å²) in [7, 11) is 0. The molecule has 1 aromatic rings. The molecule has 0 aromatic heterocycles. The van der Waals surface area contributed by atoms with E-state index < -0.39 is 41.6 Å². The van der Waals surface area contributed by atoms with Crippen LogP contribution in [0, 0.1) is 5.92 Å². The largest absolute Gasteiger partial charge is 0.416 e. The number of nitrogens with one attached hydrogen (secondary N) is 1. The molecule has 1 aliphatic rings. The second-order valence-corrected chi connectivity index (χ2v) is 6.31. The zero-order chi connectivity index (χ0) is 19.5. The number of carbonyl (C=O) groups is 3. The summed E-state index contributed by atoms with van der Waals surface area (Å²) < 4.78 is 37.7. The van der Waals surface area contributed by atoms with E-state index in [-0.39, 0.29) is 17.8 Å². The number of nitrogens with two attached hydrogens (primary N) is 1. The number of alkyl halides is 3. The molecule has 3 atom stereocenters. The molecule has 142 valence electrons. The van der Waals surface area contributed by atoms with Crippen LogP contribution in [0.5, 0.6) is 0 Å². The number of carbonyl (C=O) groups excluding carboxylic acids is 3. The highest BCUT2D eigenvalue weighted by atomic mass is 19.4. The minimum absolute atomic E-state index is 0.0370. The van der Waals surface area contributed by atoms with Crippen molar-refractivity contribution in [2.75, 3.05) is 0 Å². The maximum atomic E-state index is 12.6. The summed E-state index contributed by atoms with van der Waals surface area (Å²) in [5.74, 6) is -2.30. The number of halogens is 3. The number of benzene rings is 1. The number of rotatable bonds is 5. The van der Waals surface area contributed by atoms with Crippen LogP contribution in [0.25, 0.3) is 0 Å². The number of Topliss-reactive ketones (excluding diaryl/α,β-unsaturated/α-hetero) is 1. The molecule has 0 saturated heterocycles. The Hall–Kier alpha value is -2.42. The summed E-state index contributed by atoms with van der Waals surface area (Å²) in [6.07, 6.45) is -4.69. The molecule has 0 heterocycles. The Labute approximate surface area is 147 Å². The van der Waals surface area contributed by atoms with Crippen LogP contribution in [0.3, 0.4) is 0 Å². The van der Waals surface area contributed by atoms with Crippen molar-refractivity contribution in [1.82, 2.24) is 5.32 Å². The van der Waals surface area contributed by atoms with Gasteiger partial charge in [0.15, 0.2) is 6.10 Å². The van der Waals surface area contributed by atoms with Gasteiger partial charge in [-0.3, -0.25) is 14.4 Å². The summed E-state index contributed by atoms with van der Waals surface area (Å²) in [6, 6.07) is 2.33. The fraction of sp³-hybridized carbons (Fsp3) is 0.471.